The van der Waals surface area contributed by atoms with Gasteiger partial charge in [-0.05, 0) is 25.2 Å². The zero-order valence-electron chi connectivity index (χ0n) is 8.54. The Hall–Kier alpha value is -1.22. The molecular weight excluding hydrogens is 178 g/mol. The van der Waals surface area contributed by atoms with Crippen LogP contribution in [0.25, 0.3) is 0 Å². The number of fused-ring (bicyclic) bond motifs is 1. The molecule has 76 valence electrons. The summed E-state index contributed by atoms with van der Waals surface area (Å²) in [5.74, 6) is 2.34. The van der Waals surface area contributed by atoms with Crippen LogP contribution in [-0.4, -0.2) is 27.3 Å². The normalized spacial score (nSPS) is 18.9. The summed E-state index contributed by atoms with van der Waals surface area (Å²) in [6.07, 6.45) is 0. The van der Waals surface area contributed by atoms with Crippen molar-refractivity contribution in [3.63, 3.8) is 0 Å². The van der Waals surface area contributed by atoms with Crippen molar-refractivity contribution < 1.29 is 9.47 Å². The van der Waals surface area contributed by atoms with Gasteiger partial charge in [-0.15, -0.1) is 0 Å². The van der Waals surface area contributed by atoms with Gasteiger partial charge in [-0.25, -0.2) is 0 Å². The third-order valence-electron chi connectivity index (χ3n) is 2.55. The molecule has 1 heterocycles. The van der Waals surface area contributed by atoms with E-state index in [0.717, 1.165) is 24.7 Å². The second-order valence-corrected chi connectivity index (χ2v) is 3.47. The van der Waals surface area contributed by atoms with Crippen molar-refractivity contribution in [2.45, 2.75) is 5.92 Å². The van der Waals surface area contributed by atoms with Crippen LogP contribution in [0.4, 0.5) is 0 Å². The number of rotatable bonds is 3. The largest absolute Gasteiger partial charge is 0.497 e. The summed E-state index contributed by atoms with van der Waals surface area (Å²) < 4.78 is 10.8. The van der Waals surface area contributed by atoms with E-state index in [2.05, 4.69) is 11.4 Å². The van der Waals surface area contributed by atoms with Gasteiger partial charge in [-0.2, -0.15) is 0 Å². The Balaban J connectivity index is 2.27. The third-order valence-corrected chi connectivity index (χ3v) is 2.55. The summed E-state index contributed by atoms with van der Waals surface area (Å²) in [6, 6.07) is 5.97. The van der Waals surface area contributed by atoms with Crippen LogP contribution in [0.3, 0.4) is 0 Å². The summed E-state index contributed by atoms with van der Waals surface area (Å²) in [6.45, 7) is 1.71. The third kappa shape index (κ3) is 1.55. The zero-order valence-corrected chi connectivity index (χ0v) is 8.54. The lowest BCUT2D eigenvalue weighted by Crippen LogP contribution is -2.18. The molecule has 3 heteroatoms. The van der Waals surface area contributed by atoms with E-state index in [1.54, 1.807) is 7.11 Å². The van der Waals surface area contributed by atoms with Crippen LogP contribution in [0.1, 0.15) is 11.5 Å². The lowest BCUT2D eigenvalue weighted by molar-refractivity contribution is 0.328. The van der Waals surface area contributed by atoms with Crippen molar-refractivity contribution in [3.05, 3.63) is 23.8 Å². The Bertz CT molecular complexity index is 323. The number of ether oxygens (including phenoxy) is 2. The van der Waals surface area contributed by atoms with E-state index in [0.29, 0.717) is 5.92 Å². The molecule has 1 unspecified atom stereocenters. The molecule has 1 aromatic rings. The number of hydrogen-bond acceptors (Lipinski definition) is 3. The van der Waals surface area contributed by atoms with E-state index in [-0.39, 0.29) is 0 Å². The van der Waals surface area contributed by atoms with E-state index in [4.69, 9.17) is 9.47 Å². The van der Waals surface area contributed by atoms with Crippen molar-refractivity contribution in [2.75, 3.05) is 27.3 Å². The quantitative estimate of drug-likeness (QED) is 0.787. The fraction of sp³-hybridized carbons (Fsp3) is 0.455. The molecule has 1 N–H and O–H groups in total. The summed E-state index contributed by atoms with van der Waals surface area (Å²) in [5, 5.41) is 3.17. The number of nitrogens with one attached hydrogen (secondary N) is 1. The molecule has 3 nitrogen and oxygen atoms in total. The molecule has 0 fully saturated rings. The van der Waals surface area contributed by atoms with Crippen molar-refractivity contribution in [1.82, 2.24) is 5.32 Å². The average molecular weight is 193 g/mol. The highest BCUT2D eigenvalue weighted by Crippen LogP contribution is 2.35. The number of benzene rings is 1. The molecule has 0 amide bonds. The highest BCUT2D eigenvalue weighted by Gasteiger charge is 2.23. The van der Waals surface area contributed by atoms with E-state index in [1.807, 2.05) is 19.2 Å². The minimum Gasteiger partial charge on any atom is -0.497 e. The van der Waals surface area contributed by atoms with Gasteiger partial charge in [0.25, 0.3) is 0 Å². The maximum absolute atomic E-state index is 5.57. The van der Waals surface area contributed by atoms with E-state index < -0.39 is 0 Å². The topological polar surface area (TPSA) is 30.5 Å². The summed E-state index contributed by atoms with van der Waals surface area (Å²) in [7, 11) is 3.64. The molecule has 0 bridgehead atoms. The van der Waals surface area contributed by atoms with Gasteiger partial charge in [0.1, 0.15) is 11.5 Å². The van der Waals surface area contributed by atoms with Crippen molar-refractivity contribution >= 4 is 0 Å². The molecule has 1 atom stereocenters. The van der Waals surface area contributed by atoms with Gasteiger partial charge in [0.2, 0.25) is 0 Å². The SMILES string of the molecule is CNCC1COc2ccc(OC)cc21. The Labute approximate surface area is 84.0 Å². The zero-order chi connectivity index (χ0) is 9.97. The summed E-state index contributed by atoms with van der Waals surface area (Å²) in [4.78, 5) is 0. The lowest BCUT2D eigenvalue weighted by Gasteiger charge is -2.08. The Morgan fingerprint density at radius 1 is 1.57 bits per heavy atom. The first-order valence-electron chi connectivity index (χ1n) is 4.80. The van der Waals surface area contributed by atoms with Crippen molar-refractivity contribution in [3.8, 4) is 11.5 Å². The summed E-state index contributed by atoms with van der Waals surface area (Å²) in [5.41, 5.74) is 1.25. The predicted molar refractivity (Wildman–Crippen MR) is 55.2 cm³/mol. The smallest absolute Gasteiger partial charge is 0.123 e. The Kier molecular flexibility index (Phi) is 2.59. The highest BCUT2D eigenvalue weighted by atomic mass is 16.5. The van der Waals surface area contributed by atoms with Crippen molar-refractivity contribution in [1.29, 1.82) is 0 Å². The molecule has 0 aliphatic carbocycles. The molecule has 0 aromatic heterocycles. The maximum atomic E-state index is 5.57. The molecule has 0 saturated carbocycles. The first kappa shape index (κ1) is 9.34. The molecule has 1 aliphatic heterocycles. The fourth-order valence-corrected chi connectivity index (χ4v) is 1.80. The predicted octanol–water partition coefficient (Wildman–Crippen LogP) is 1.39. The Morgan fingerprint density at radius 2 is 2.43 bits per heavy atom. The molecule has 2 rings (SSSR count). The van der Waals surface area contributed by atoms with Crippen LogP contribution in [0.2, 0.25) is 0 Å². The van der Waals surface area contributed by atoms with E-state index >= 15 is 0 Å². The monoisotopic (exact) mass is 193 g/mol. The van der Waals surface area contributed by atoms with Gasteiger partial charge in [0, 0.05) is 18.0 Å². The average Bonchev–Trinajstić information content (AvgIpc) is 2.61. The number of methoxy groups -OCH3 is 1. The van der Waals surface area contributed by atoms with Gasteiger partial charge in [-0.1, -0.05) is 0 Å². The second kappa shape index (κ2) is 3.88. The van der Waals surface area contributed by atoms with Gasteiger partial charge in [0.05, 0.1) is 13.7 Å². The van der Waals surface area contributed by atoms with Gasteiger partial charge in [0.15, 0.2) is 0 Å². The van der Waals surface area contributed by atoms with Crippen LogP contribution in [0.15, 0.2) is 18.2 Å². The molecule has 14 heavy (non-hydrogen) atoms. The molecule has 1 aromatic carbocycles. The molecule has 1 aliphatic rings. The molecule has 0 spiro atoms. The summed E-state index contributed by atoms with van der Waals surface area (Å²) >= 11 is 0. The highest BCUT2D eigenvalue weighted by molar-refractivity contribution is 5.45. The van der Waals surface area contributed by atoms with Crippen LogP contribution >= 0.6 is 0 Å². The first-order chi connectivity index (χ1) is 6.85. The lowest BCUT2D eigenvalue weighted by atomic mass is 10.0. The van der Waals surface area contributed by atoms with Crippen LogP contribution in [0.5, 0.6) is 11.5 Å². The van der Waals surface area contributed by atoms with E-state index in [1.165, 1.54) is 5.56 Å². The minimum atomic E-state index is 0.449. The first-order valence-corrected chi connectivity index (χ1v) is 4.80. The van der Waals surface area contributed by atoms with Crippen LogP contribution in [-0.2, 0) is 0 Å². The van der Waals surface area contributed by atoms with Crippen LogP contribution < -0.4 is 14.8 Å². The van der Waals surface area contributed by atoms with Gasteiger partial charge in [-0.3, -0.25) is 0 Å². The van der Waals surface area contributed by atoms with Gasteiger partial charge >= 0.3 is 0 Å². The molecular formula is C11H15NO2. The van der Waals surface area contributed by atoms with E-state index in [9.17, 15) is 0 Å². The number of likely N-dealkylation sites (N-methyl/N-ethyl adjacent to an activating group) is 1. The standard InChI is InChI=1S/C11H15NO2/c1-12-6-8-7-14-11-4-3-9(13-2)5-10(8)11/h3-5,8,12H,6-7H2,1-2H3. The Morgan fingerprint density at radius 3 is 3.14 bits per heavy atom. The van der Waals surface area contributed by atoms with Crippen molar-refractivity contribution in [2.24, 2.45) is 0 Å². The molecule has 0 saturated heterocycles. The van der Waals surface area contributed by atoms with Crippen LogP contribution in [0, 0.1) is 0 Å². The number of hydrogen-bond donors (Lipinski definition) is 1. The maximum Gasteiger partial charge on any atom is 0.123 e. The minimum absolute atomic E-state index is 0.449. The fourth-order valence-electron chi connectivity index (χ4n) is 1.80. The molecule has 0 radical (unpaired) electrons. The van der Waals surface area contributed by atoms with Gasteiger partial charge < -0.3 is 14.8 Å². The second-order valence-electron chi connectivity index (χ2n) is 3.47.